The van der Waals surface area contributed by atoms with Crippen molar-refractivity contribution in [1.29, 1.82) is 0 Å². The maximum absolute atomic E-state index is 14.7. The standard InChI is InChI=1S/C31H37FN2O2S/c1-22(2)18-33-31(36)29(17-25-10-6-5-7-11-25)34(19-27-12-8-9-13-28(27)32)30(35)21-37-20-26-15-23(3)14-24(4)16-26/h5-16,22,29H,17-21H2,1-4H3,(H,33,36)/t29-/m0/s1. The van der Waals surface area contributed by atoms with Crippen LogP contribution in [-0.2, 0) is 28.3 Å². The van der Waals surface area contributed by atoms with Gasteiger partial charge in [-0.2, -0.15) is 0 Å². The van der Waals surface area contributed by atoms with Crippen LogP contribution in [0, 0.1) is 25.6 Å². The molecule has 0 unspecified atom stereocenters. The lowest BCUT2D eigenvalue weighted by atomic mass is 10.0. The molecule has 0 heterocycles. The Morgan fingerprint density at radius 2 is 1.57 bits per heavy atom. The molecule has 1 N–H and O–H groups in total. The van der Waals surface area contributed by atoms with E-state index in [1.54, 1.807) is 23.1 Å². The van der Waals surface area contributed by atoms with Gasteiger partial charge in [0.2, 0.25) is 11.8 Å². The molecule has 0 radical (unpaired) electrons. The molecule has 0 saturated heterocycles. The van der Waals surface area contributed by atoms with Crippen molar-refractivity contribution >= 4 is 23.6 Å². The van der Waals surface area contributed by atoms with Gasteiger partial charge in [0.15, 0.2) is 0 Å². The van der Waals surface area contributed by atoms with Crippen molar-refractivity contribution in [2.24, 2.45) is 5.92 Å². The second-order valence-corrected chi connectivity index (χ2v) is 10.9. The molecule has 0 fully saturated rings. The monoisotopic (exact) mass is 520 g/mol. The fourth-order valence-corrected chi connectivity index (χ4v) is 5.12. The number of aryl methyl sites for hydroxylation is 2. The van der Waals surface area contributed by atoms with Gasteiger partial charge in [-0.05, 0) is 37.0 Å². The highest BCUT2D eigenvalue weighted by Gasteiger charge is 2.30. The summed E-state index contributed by atoms with van der Waals surface area (Å²) in [6, 6.07) is 21.7. The number of hydrogen-bond acceptors (Lipinski definition) is 3. The van der Waals surface area contributed by atoms with Gasteiger partial charge < -0.3 is 10.2 Å². The number of thioether (sulfide) groups is 1. The van der Waals surface area contributed by atoms with E-state index in [1.165, 1.54) is 29.0 Å². The van der Waals surface area contributed by atoms with Crippen LogP contribution in [0.2, 0.25) is 0 Å². The molecule has 3 aromatic rings. The normalized spacial score (nSPS) is 11.8. The number of rotatable bonds is 12. The topological polar surface area (TPSA) is 49.4 Å². The summed E-state index contributed by atoms with van der Waals surface area (Å²) < 4.78 is 14.7. The number of halogens is 1. The molecule has 0 bridgehead atoms. The average Bonchev–Trinajstić information content (AvgIpc) is 2.85. The third kappa shape index (κ3) is 9.04. The summed E-state index contributed by atoms with van der Waals surface area (Å²) in [4.78, 5) is 28.6. The molecule has 1 atom stereocenters. The zero-order valence-electron chi connectivity index (χ0n) is 22.2. The van der Waals surface area contributed by atoms with E-state index in [0.717, 1.165) is 11.1 Å². The van der Waals surface area contributed by atoms with Crippen LogP contribution < -0.4 is 5.32 Å². The number of hydrogen-bond donors (Lipinski definition) is 1. The van der Waals surface area contributed by atoms with Gasteiger partial charge in [0.05, 0.1) is 5.75 Å². The van der Waals surface area contributed by atoms with Crippen molar-refractivity contribution in [3.63, 3.8) is 0 Å². The Balaban J connectivity index is 1.86. The minimum atomic E-state index is -0.755. The van der Waals surface area contributed by atoms with Crippen LogP contribution in [0.3, 0.4) is 0 Å². The van der Waals surface area contributed by atoms with E-state index in [1.807, 2.05) is 44.2 Å². The highest BCUT2D eigenvalue weighted by molar-refractivity contribution is 7.99. The molecule has 0 aliphatic heterocycles. The fraction of sp³-hybridized carbons (Fsp3) is 0.355. The van der Waals surface area contributed by atoms with E-state index >= 15 is 0 Å². The van der Waals surface area contributed by atoms with Crippen molar-refractivity contribution in [2.75, 3.05) is 12.3 Å². The van der Waals surface area contributed by atoms with Crippen LogP contribution in [0.4, 0.5) is 4.39 Å². The summed E-state index contributed by atoms with van der Waals surface area (Å²) >= 11 is 1.51. The molecule has 4 nitrogen and oxygen atoms in total. The highest BCUT2D eigenvalue weighted by Crippen LogP contribution is 2.20. The number of nitrogens with zero attached hydrogens (tertiary/aromatic N) is 1. The zero-order valence-corrected chi connectivity index (χ0v) is 23.0. The van der Waals surface area contributed by atoms with Gasteiger partial charge >= 0.3 is 0 Å². The van der Waals surface area contributed by atoms with Gasteiger partial charge in [-0.3, -0.25) is 9.59 Å². The van der Waals surface area contributed by atoms with Crippen LogP contribution in [0.25, 0.3) is 0 Å². The summed E-state index contributed by atoms with van der Waals surface area (Å²) in [7, 11) is 0. The number of benzene rings is 3. The van der Waals surface area contributed by atoms with Crippen LogP contribution in [0.1, 0.15) is 41.7 Å². The molecule has 0 aliphatic rings. The van der Waals surface area contributed by atoms with Gasteiger partial charge in [0.25, 0.3) is 0 Å². The van der Waals surface area contributed by atoms with E-state index in [4.69, 9.17) is 0 Å². The minimum absolute atomic E-state index is 0.0300. The van der Waals surface area contributed by atoms with Crippen LogP contribution in [0.5, 0.6) is 0 Å². The van der Waals surface area contributed by atoms with Crippen molar-refractivity contribution in [3.05, 3.63) is 106 Å². The van der Waals surface area contributed by atoms with Gasteiger partial charge in [0.1, 0.15) is 11.9 Å². The third-order valence-corrected chi connectivity index (χ3v) is 7.02. The van der Waals surface area contributed by atoms with Gasteiger partial charge in [-0.15, -0.1) is 11.8 Å². The largest absolute Gasteiger partial charge is 0.354 e. The minimum Gasteiger partial charge on any atom is -0.354 e. The van der Waals surface area contributed by atoms with Crippen LogP contribution in [-0.4, -0.2) is 35.1 Å². The lowest BCUT2D eigenvalue weighted by Gasteiger charge is -2.32. The molecular formula is C31H37FN2O2S. The second kappa shape index (κ2) is 14.0. The zero-order chi connectivity index (χ0) is 26.8. The quantitative estimate of drug-likeness (QED) is 0.315. The Kier molecular flexibility index (Phi) is 10.8. The van der Waals surface area contributed by atoms with Crippen molar-refractivity contribution in [3.8, 4) is 0 Å². The lowest BCUT2D eigenvalue weighted by Crippen LogP contribution is -2.51. The van der Waals surface area contributed by atoms with E-state index in [0.29, 0.717) is 24.3 Å². The summed E-state index contributed by atoms with van der Waals surface area (Å²) in [5.41, 5.74) is 4.87. The first-order valence-electron chi connectivity index (χ1n) is 12.7. The summed E-state index contributed by atoms with van der Waals surface area (Å²) in [6.07, 6.45) is 0.354. The summed E-state index contributed by atoms with van der Waals surface area (Å²) in [5.74, 6) is 0.365. The van der Waals surface area contributed by atoms with E-state index < -0.39 is 6.04 Å². The first-order chi connectivity index (χ1) is 17.7. The Morgan fingerprint density at radius 1 is 0.919 bits per heavy atom. The van der Waals surface area contributed by atoms with Gasteiger partial charge in [-0.25, -0.2) is 4.39 Å². The average molecular weight is 521 g/mol. The first kappa shape index (κ1) is 28.5. The molecule has 3 rings (SSSR count). The molecule has 3 aromatic carbocycles. The lowest BCUT2D eigenvalue weighted by molar-refractivity contribution is -0.139. The third-order valence-electron chi connectivity index (χ3n) is 6.03. The maximum Gasteiger partial charge on any atom is 0.243 e. The molecular weight excluding hydrogens is 483 g/mol. The van der Waals surface area contributed by atoms with Gasteiger partial charge in [-0.1, -0.05) is 91.7 Å². The molecule has 0 spiro atoms. The molecule has 2 amide bonds. The molecule has 37 heavy (non-hydrogen) atoms. The Hall–Kier alpha value is -3.12. The predicted molar refractivity (Wildman–Crippen MR) is 151 cm³/mol. The summed E-state index contributed by atoms with van der Waals surface area (Å²) in [5, 5.41) is 3.00. The molecule has 0 aliphatic carbocycles. The molecule has 196 valence electrons. The Labute approximate surface area is 224 Å². The highest BCUT2D eigenvalue weighted by atomic mass is 32.2. The van der Waals surface area contributed by atoms with E-state index in [2.05, 4.69) is 37.4 Å². The molecule has 0 saturated carbocycles. The fourth-order valence-electron chi connectivity index (χ4n) is 4.28. The molecule has 0 aromatic heterocycles. The maximum atomic E-state index is 14.7. The number of nitrogens with one attached hydrogen (secondary N) is 1. The van der Waals surface area contributed by atoms with Gasteiger partial charge in [0, 0.05) is 30.8 Å². The van der Waals surface area contributed by atoms with Crippen molar-refractivity contribution in [2.45, 2.75) is 52.5 Å². The summed E-state index contributed by atoms with van der Waals surface area (Å²) in [6.45, 7) is 8.71. The second-order valence-electron chi connectivity index (χ2n) is 9.95. The van der Waals surface area contributed by atoms with E-state index in [-0.39, 0.29) is 35.8 Å². The number of carbonyl (C=O) groups excluding carboxylic acids is 2. The van der Waals surface area contributed by atoms with Crippen molar-refractivity contribution in [1.82, 2.24) is 10.2 Å². The number of carbonyl (C=O) groups is 2. The van der Waals surface area contributed by atoms with Crippen molar-refractivity contribution < 1.29 is 14.0 Å². The Bertz CT molecular complexity index is 1160. The number of amides is 2. The van der Waals surface area contributed by atoms with Crippen LogP contribution >= 0.6 is 11.8 Å². The Morgan fingerprint density at radius 3 is 2.22 bits per heavy atom. The van der Waals surface area contributed by atoms with Crippen LogP contribution in [0.15, 0.2) is 72.8 Å². The molecule has 6 heteroatoms. The smallest absolute Gasteiger partial charge is 0.243 e. The predicted octanol–water partition coefficient (Wildman–Crippen LogP) is 6.09. The first-order valence-corrected chi connectivity index (χ1v) is 13.9. The van der Waals surface area contributed by atoms with E-state index in [9.17, 15) is 14.0 Å². The SMILES string of the molecule is Cc1cc(C)cc(CSCC(=O)N(Cc2ccccc2F)[C@@H](Cc2ccccc2)C(=O)NCC(C)C)c1.